The Morgan fingerprint density at radius 2 is 1.37 bits per heavy atom. The maximum absolute atomic E-state index is 13.0. The number of anilines is 1. The number of imide groups is 1. The highest BCUT2D eigenvalue weighted by Gasteiger charge is 2.33. The van der Waals surface area contributed by atoms with Crippen molar-refractivity contribution in [3.8, 4) is 0 Å². The zero-order chi connectivity index (χ0) is 21.1. The van der Waals surface area contributed by atoms with Crippen LogP contribution in [0.1, 0.15) is 61.7 Å². The molecule has 3 aliphatic heterocycles. The van der Waals surface area contributed by atoms with Crippen LogP contribution in [0.3, 0.4) is 0 Å². The molecule has 1 aromatic carbocycles. The lowest BCUT2D eigenvalue weighted by Gasteiger charge is -2.35. The first-order valence-electron chi connectivity index (χ1n) is 11.1. The molecular weight excluding hydrogens is 382 g/mol. The molecule has 4 rings (SSSR count). The molecule has 1 atom stereocenters. The Balaban J connectivity index is 1.41. The predicted molar refractivity (Wildman–Crippen MR) is 112 cm³/mol. The molecule has 160 valence electrons. The van der Waals surface area contributed by atoms with Gasteiger partial charge in [-0.15, -0.1) is 0 Å². The topological polar surface area (TPSA) is 78.0 Å². The number of piperidine rings is 1. The lowest BCUT2D eigenvalue weighted by molar-refractivity contribution is -0.137. The number of carbonyl (C=O) groups is 4. The van der Waals surface area contributed by atoms with Crippen LogP contribution in [0.25, 0.3) is 0 Å². The lowest BCUT2D eigenvalue weighted by Crippen LogP contribution is -2.47. The highest BCUT2D eigenvalue weighted by molar-refractivity contribution is 6.19. The van der Waals surface area contributed by atoms with E-state index in [1.54, 1.807) is 29.2 Å². The van der Waals surface area contributed by atoms with Gasteiger partial charge >= 0.3 is 0 Å². The SMILES string of the molecule is O=C(c1ccc(N2C(=O)CCC2=O)cc1)N1CCCC(C(=O)N2CCCCCC2)C1. The van der Waals surface area contributed by atoms with Gasteiger partial charge in [-0.3, -0.25) is 24.1 Å². The number of likely N-dealkylation sites (tertiary alicyclic amines) is 2. The number of benzene rings is 1. The molecule has 0 N–H and O–H groups in total. The molecule has 1 aromatic rings. The Hall–Kier alpha value is -2.70. The van der Waals surface area contributed by atoms with Gasteiger partial charge in [0.05, 0.1) is 11.6 Å². The number of nitrogens with zero attached hydrogens (tertiary/aromatic N) is 3. The fourth-order valence-electron chi connectivity index (χ4n) is 4.71. The van der Waals surface area contributed by atoms with Gasteiger partial charge in [0.1, 0.15) is 0 Å². The van der Waals surface area contributed by atoms with Crippen molar-refractivity contribution < 1.29 is 19.2 Å². The van der Waals surface area contributed by atoms with Crippen LogP contribution in [0.4, 0.5) is 5.69 Å². The smallest absolute Gasteiger partial charge is 0.253 e. The fourth-order valence-corrected chi connectivity index (χ4v) is 4.71. The van der Waals surface area contributed by atoms with Crippen molar-refractivity contribution in [2.75, 3.05) is 31.1 Å². The Morgan fingerprint density at radius 3 is 2.00 bits per heavy atom. The van der Waals surface area contributed by atoms with E-state index in [2.05, 4.69) is 0 Å². The van der Waals surface area contributed by atoms with Gasteiger partial charge in [-0.25, -0.2) is 0 Å². The van der Waals surface area contributed by atoms with Gasteiger partial charge in [0, 0.05) is 44.6 Å². The molecule has 0 aromatic heterocycles. The van der Waals surface area contributed by atoms with Crippen molar-refractivity contribution >= 4 is 29.3 Å². The van der Waals surface area contributed by atoms with Gasteiger partial charge in [-0.1, -0.05) is 12.8 Å². The van der Waals surface area contributed by atoms with Gasteiger partial charge in [0.2, 0.25) is 17.7 Å². The summed E-state index contributed by atoms with van der Waals surface area (Å²) in [4.78, 5) is 54.7. The molecule has 0 aliphatic carbocycles. The van der Waals surface area contributed by atoms with E-state index < -0.39 is 0 Å². The maximum Gasteiger partial charge on any atom is 0.253 e. The second kappa shape index (κ2) is 8.98. The lowest BCUT2D eigenvalue weighted by atomic mass is 9.95. The maximum atomic E-state index is 13.0. The minimum atomic E-state index is -0.204. The van der Waals surface area contributed by atoms with E-state index in [4.69, 9.17) is 0 Å². The largest absolute Gasteiger partial charge is 0.342 e. The van der Waals surface area contributed by atoms with Crippen LogP contribution in [-0.4, -0.2) is 59.6 Å². The highest BCUT2D eigenvalue weighted by atomic mass is 16.2. The van der Waals surface area contributed by atoms with E-state index in [0.29, 0.717) is 24.3 Å². The first-order chi connectivity index (χ1) is 14.5. The van der Waals surface area contributed by atoms with Gasteiger partial charge in [0.25, 0.3) is 5.91 Å². The molecule has 1 unspecified atom stereocenters. The standard InChI is InChI=1S/C23H29N3O4/c27-20-11-12-21(28)26(20)19-9-7-17(8-10-19)22(29)25-15-5-6-18(16-25)23(30)24-13-3-1-2-4-14-24/h7-10,18H,1-6,11-16H2. The van der Waals surface area contributed by atoms with Crippen molar-refractivity contribution in [1.29, 1.82) is 0 Å². The molecule has 3 fully saturated rings. The first-order valence-corrected chi connectivity index (χ1v) is 11.1. The van der Waals surface area contributed by atoms with E-state index in [0.717, 1.165) is 38.8 Å². The molecule has 30 heavy (non-hydrogen) atoms. The number of rotatable bonds is 3. The molecule has 3 heterocycles. The zero-order valence-corrected chi connectivity index (χ0v) is 17.3. The third-order valence-corrected chi connectivity index (χ3v) is 6.40. The van der Waals surface area contributed by atoms with Crippen molar-refractivity contribution in [2.45, 2.75) is 51.4 Å². The van der Waals surface area contributed by atoms with Crippen LogP contribution >= 0.6 is 0 Å². The number of hydrogen-bond acceptors (Lipinski definition) is 4. The Bertz CT molecular complexity index is 811. The summed E-state index contributed by atoms with van der Waals surface area (Å²) in [6.07, 6.45) is 6.62. The van der Waals surface area contributed by atoms with E-state index >= 15 is 0 Å². The van der Waals surface area contributed by atoms with Crippen LogP contribution in [0.2, 0.25) is 0 Å². The third-order valence-electron chi connectivity index (χ3n) is 6.40. The van der Waals surface area contributed by atoms with E-state index in [9.17, 15) is 19.2 Å². The molecular formula is C23H29N3O4. The van der Waals surface area contributed by atoms with Gasteiger partial charge in [0.15, 0.2) is 0 Å². The second-order valence-corrected chi connectivity index (χ2v) is 8.50. The van der Waals surface area contributed by atoms with Gasteiger partial charge < -0.3 is 9.80 Å². The third kappa shape index (κ3) is 4.25. The highest BCUT2D eigenvalue weighted by Crippen LogP contribution is 2.25. The number of amides is 4. The van der Waals surface area contributed by atoms with Crippen molar-refractivity contribution in [3.05, 3.63) is 29.8 Å². The van der Waals surface area contributed by atoms with Crippen LogP contribution < -0.4 is 4.90 Å². The summed E-state index contributed by atoms with van der Waals surface area (Å²) in [5.41, 5.74) is 1.02. The predicted octanol–water partition coefficient (Wildman–Crippen LogP) is 2.59. The van der Waals surface area contributed by atoms with E-state index in [-0.39, 0.29) is 42.4 Å². The Morgan fingerprint density at radius 1 is 0.767 bits per heavy atom. The summed E-state index contributed by atoms with van der Waals surface area (Å²) in [5, 5.41) is 0. The molecule has 3 aliphatic rings. The molecule has 7 nitrogen and oxygen atoms in total. The minimum absolute atomic E-state index is 0.103. The molecule has 0 saturated carbocycles. The molecule has 0 spiro atoms. The van der Waals surface area contributed by atoms with Gasteiger partial charge in [-0.2, -0.15) is 0 Å². The zero-order valence-electron chi connectivity index (χ0n) is 17.3. The summed E-state index contributed by atoms with van der Waals surface area (Å²) in [6, 6.07) is 6.63. The normalized spacial score (nSPS) is 22.9. The monoisotopic (exact) mass is 411 g/mol. The van der Waals surface area contributed by atoms with E-state index in [1.165, 1.54) is 17.7 Å². The Labute approximate surface area is 177 Å². The van der Waals surface area contributed by atoms with Crippen molar-refractivity contribution in [1.82, 2.24) is 9.80 Å². The summed E-state index contributed by atoms with van der Waals surface area (Å²) < 4.78 is 0. The molecule has 0 radical (unpaired) electrons. The molecule has 4 amide bonds. The van der Waals surface area contributed by atoms with E-state index in [1.807, 2.05) is 4.90 Å². The van der Waals surface area contributed by atoms with Crippen LogP contribution in [0, 0.1) is 5.92 Å². The molecule has 7 heteroatoms. The summed E-state index contributed by atoms with van der Waals surface area (Å²) in [6.45, 7) is 2.77. The second-order valence-electron chi connectivity index (χ2n) is 8.50. The van der Waals surface area contributed by atoms with Gasteiger partial charge in [-0.05, 0) is 49.9 Å². The molecule has 0 bridgehead atoms. The minimum Gasteiger partial charge on any atom is -0.342 e. The fraction of sp³-hybridized carbons (Fsp3) is 0.565. The quantitative estimate of drug-likeness (QED) is 0.717. The van der Waals surface area contributed by atoms with Crippen molar-refractivity contribution in [3.63, 3.8) is 0 Å². The van der Waals surface area contributed by atoms with Crippen LogP contribution in [0.15, 0.2) is 24.3 Å². The number of carbonyl (C=O) groups excluding carboxylic acids is 4. The summed E-state index contributed by atoms with van der Waals surface area (Å²) in [7, 11) is 0. The van der Waals surface area contributed by atoms with Crippen molar-refractivity contribution in [2.24, 2.45) is 5.92 Å². The average Bonchev–Trinajstić information content (AvgIpc) is 2.97. The summed E-state index contributed by atoms with van der Waals surface area (Å²) in [5.74, 6) is -0.445. The van der Waals surface area contributed by atoms with Crippen LogP contribution in [-0.2, 0) is 14.4 Å². The summed E-state index contributed by atoms with van der Waals surface area (Å²) >= 11 is 0. The first kappa shape index (κ1) is 20.6. The number of hydrogen-bond donors (Lipinski definition) is 0. The average molecular weight is 412 g/mol. The Kier molecular flexibility index (Phi) is 6.16. The van der Waals surface area contributed by atoms with Crippen LogP contribution in [0.5, 0.6) is 0 Å². The molecule has 3 saturated heterocycles.